The SMILES string of the molecule is CCNC(=NCCN1CCN(c2cccc(C)c2C)CC1)NC1CCN(C2CC2)CC1. The zero-order valence-electron chi connectivity index (χ0n) is 19.9. The monoisotopic (exact) mass is 426 g/mol. The highest BCUT2D eigenvalue weighted by Crippen LogP contribution is 2.29. The van der Waals surface area contributed by atoms with Gasteiger partial charge in [0.2, 0.25) is 0 Å². The Morgan fingerprint density at radius 1 is 1.00 bits per heavy atom. The zero-order chi connectivity index (χ0) is 21.6. The zero-order valence-corrected chi connectivity index (χ0v) is 19.9. The van der Waals surface area contributed by atoms with E-state index in [1.807, 2.05) is 0 Å². The molecule has 1 aromatic rings. The summed E-state index contributed by atoms with van der Waals surface area (Å²) < 4.78 is 0. The quantitative estimate of drug-likeness (QED) is 0.518. The molecule has 2 aliphatic heterocycles. The fourth-order valence-corrected chi connectivity index (χ4v) is 4.96. The molecular formula is C25H42N6. The second kappa shape index (κ2) is 10.7. The molecule has 6 nitrogen and oxygen atoms in total. The molecule has 0 radical (unpaired) electrons. The van der Waals surface area contributed by atoms with E-state index in [9.17, 15) is 0 Å². The van der Waals surface area contributed by atoms with Crippen molar-refractivity contribution in [2.45, 2.75) is 58.5 Å². The minimum Gasteiger partial charge on any atom is -0.369 e. The molecule has 0 amide bonds. The number of likely N-dealkylation sites (tertiary alicyclic amines) is 1. The maximum Gasteiger partial charge on any atom is 0.191 e. The lowest BCUT2D eigenvalue weighted by Crippen LogP contribution is -2.49. The third-order valence-corrected chi connectivity index (χ3v) is 7.25. The van der Waals surface area contributed by atoms with Crippen molar-refractivity contribution >= 4 is 11.6 Å². The molecule has 0 aromatic heterocycles. The first kappa shape index (κ1) is 22.4. The Bertz CT molecular complexity index is 728. The van der Waals surface area contributed by atoms with E-state index in [0.717, 1.165) is 57.8 Å². The first-order valence-electron chi connectivity index (χ1n) is 12.5. The largest absolute Gasteiger partial charge is 0.369 e. The molecule has 172 valence electrons. The van der Waals surface area contributed by atoms with Gasteiger partial charge in [0.15, 0.2) is 5.96 Å². The normalized spacial score (nSPS) is 22.0. The van der Waals surface area contributed by atoms with E-state index in [0.29, 0.717) is 6.04 Å². The molecule has 0 spiro atoms. The topological polar surface area (TPSA) is 46.1 Å². The van der Waals surface area contributed by atoms with E-state index in [4.69, 9.17) is 4.99 Å². The van der Waals surface area contributed by atoms with E-state index in [1.165, 1.54) is 55.6 Å². The van der Waals surface area contributed by atoms with Crippen LogP contribution in [-0.2, 0) is 0 Å². The van der Waals surface area contributed by atoms with Gasteiger partial charge in [-0.3, -0.25) is 9.89 Å². The summed E-state index contributed by atoms with van der Waals surface area (Å²) in [6.45, 7) is 16.4. The molecule has 3 fully saturated rings. The number of rotatable bonds is 7. The molecule has 2 saturated heterocycles. The summed E-state index contributed by atoms with van der Waals surface area (Å²) in [7, 11) is 0. The summed E-state index contributed by atoms with van der Waals surface area (Å²) in [5.74, 6) is 1.00. The summed E-state index contributed by atoms with van der Waals surface area (Å²) in [5, 5.41) is 7.15. The van der Waals surface area contributed by atoms with Crippen LogP contribution < -0.4 is 15.5 Å². The molecule has 31 heavy (non-hydrogen) atoms. The lowest BCUT2D eigenvalue weighted by atomic mass is 10.1. The second-order valence-electron chi connectivity index (χ2n) is 9.49. The van der Waals surface area contributed by atoms with Crippen LogP contribution in [0, 0.1) is 13.8 Å². The Balaban J connectivity index is 1.20. The van der Waals surface area contributed by atoms with Gasteiger partial charge >= 0.3 is 0 Å². The predicted molar refractivity (Wildman–Crippen MR) is 131 cm³/mol. The number of hydrogen-bond donors (Lipinski definition) is 2. The van der Waals surface area contributed by atoms with Crippen molar-refractivity contribution in [1.29, 1.82) is 0 Å². The molecular weight excluding hydrogens is 384 g/mol. The number of piperidine rings is 1. The molecule has 0 unspecified atom stereocenters. The van der Waals surface area contributed by atoms with Gasteiger partial charge in [0.05, 0.1) is 6.54 Å². The van der Waals surface area contributed by atoms with Gasteiger partial charge in [-0.25, -0.2) is 0 Å². The Kier molecular flexibility index (Phi) is 7.72. The van der Waals surface area contributed by atoms with Crippen molar-refractivity contribution in [3.63, 3.8) is 0 Å². The fourth-order valence-electron chi connectivity index (χ4n) is 4.96. The first-order valence-corrected chi connectivity index (χ1v) is 12.5. The van der Waals surface area contributed by atoms with Gasteiger partial charge in [-0.1, -0.05) is 12.1 Å². The van der Waals surface area contributed by atoms with Crippen molar-refractivity contribution in [3.05, 3.63) is 29.3 Å². The van der Waals surface area contributed by atoms with Crippen LogP contribution >= 0.6 is 0 Å². The van der Waals surface area contributed by atoms with Gasteiger partial charge in [-0.2, -0.15) is 0 Å². The third-order valence-electron chi connectivity index (χ3n) is 7.25. The second-order valence-corrected chi connectivity index (χ2v) is 9.49. The number of aryl methyl sites for hydroxylation is 1. The van der Waals surface area contributed by atoms with Gasteiger partial charge in [0, 0.05) is 70.1 Å². The van der Waals surface area contributed by atoms with Crippen LogP contribution in [0.25, 0.3) is 0 Å². The van der Waals surface area contributed by atoms with Crippen LogP contribution in [-0.4, -0.2) is 86.7 Å². The van der Waals surface area contributed by atoms with Gasteiger partial charge < -0.3 is 20.4 Å². The number of benzene rings is 1. The predicted octanol–water partition coefficient (Wildman–Crippen LogP) is 2.61. The van der Waals surface area contributed by atoms with Crippen LogP contribution in [0.2, 0.25) is 0 Å². The molecule has 0 bridgehead atoms. The molecule has 6 heteroatoms. The number of nitrogens with one attached hydrogen (secondary N) is 2. The van der Waals surface area contributed by atoms with Gasteiger partial charge in [0.1, 0.15) is 0 Å². The van der Waals surface area contributed by atoms with Crippen molar-refractivity contribution in [2.75, 3.05) is 63.8 Å². The summed E-state index contributed by atoms with van der Waals surface area (Å²) >= 11 is 0. The number of nitrogens with zero attached hydrogens (tertiary/aromatic N) is 4. The van der Waals surface area contributed by atoms with E-state index in [-0.39, 0.29) is 0 Å². The maximum atomic E-state index is 4.90. The van der Waals surface area contributed by atoms with Crippen LogP contribution in [0.15, 0.2) is 23.2 Å². The highest BCUT2D eigenvalue weighted by molar-refractivity contribution is 5.80. The summed E-state index contributed by atoms with van der Waals surface area (Å²) in [4.78, 5) is 12.7. The highest BCUT2D eigenvalue weighted by atomic mass is 15.3. The van der Waals surface area contributed by atoms with Crippen molar-refractivity contribution < 1.29 is 0 Å². The lowest BCUT2D eigenvalue weighted by Gasteiger charge is -2.37. The molecule has 2 N–H and O–H groups in total. The van der Waals surface area contributed by atoms with Crippen molar-refractivity contribution in [1.82, 2.24) is 20.4 Å². The van der Waals surface area contributed by atoms with Crippen LogP contribution in [0.4, 0.5) is 5.69 Å². The van der Waals surface area contributed by atoms with Crippen LogP contribution in [0.5, 0.6) is 0 Å². The van der Waals surface area contributed by atoms with Gasteiger partial charge in [-0.15, -0.1) is 0 Å². The highest BCUT2D eigenvalue weighted by Gasteiger charge is 2.31. The Labute approximate surface area is 189 Å². The van der Waals surface area contributed by atoms with Crippen molar-refractivity contribution in [3.8, 4) is 0 Å². The number of piperazine rings is 1. The van der Waals surface area contributed by atoms with Gasteiger partial charge in [-0.05, 0) is 63.6 Å². The molecule has 1 aromatic carbocycles. The number of anilines is 1. The fraction of sp³-hybridized carbons (Fsp3) is 0.720. The van der Waals surface area contributed by atoms with E-state index >= 15 is 0 Å². The summed E-state index contributed by atoms with van der Waals surface area (Å²) in [6.07, 6.45) is 5.31. The number of hydrogen-bond acceptors (Lipinski definition) is 4. The minimum absolute atomic E-state index is 0.564. The third kappa shape index (κ3) is 6.13. The minimum atomic E-state index is 0.564. The Hall–Kier alpha value is -1.79. The van der Waals surface area contributed by atoms with Gasteiger partial charge in [0.25, 0.3) is 0 Å². The standard InChI is InChI=1S/C25H42N6/c1-4-26-25(28-22-10-13-30(14-11-22)23-8-9-23)27-12-15-29-16-18-31(19-17-29)24-7-5-6-20(2)21(24)3/h5-7,22-23H,4,8-19H2,1-3H3,(H2,26,27,28). The molecule has 3 aliphatic rings. The summed E-state index contributed by atoms with van der Waals surface area (Å²) in [6, 6.07) is 8.13. The first-order chi connectivity index (χ1) is 15.1. The van der Waals surface area contributed by atoms with Crippen LogP contribution in [0.1, 0.15) is 43.7 Å². The van der Waals surface area contributed by atoms with Crippen LogP contribution in [0.3, 0.4) is 0 Å². The molecule has 1 aliphatic carbocycles. The van der Waals surface area contributed by atoms with Crippen molar-refractivity contribution in [2.24, 2.45) is 4.99 Å². The maximum absolute atomic E-state index is 4.90. The molecule has 1 saturated carbocycles. The number of aliphatic imine (C=N–C) groups is 1. The molecule has 2 heterocycles. The van der Waals surface area contributed by atoms with E-state index in [1.54, 1.807) is 0 Å². The molecule has 0 atom stereocenters. The summed E-state index contributed by atoms with van der Waals surface area (Å²) in [5.41, 5.74) is 4.21. The average Bonchev–Trinajstić information content (AvgIpc) is 3.62. The van der Waals surface area contributed by atoms with E-state index in [2.05, 4.69) is 64.3 Å². The Morgan fingerprint density at radius 3 is 2.42 bits per heavy atom. The Morgan fingerprint density at radius 2 is 1.74 bits per heavy atom. The smallest absolute Gasteiger partial charge is 0.191 e. The number of guanidine groups is 1. The lowest BCUT2D eigenvalue weighted by molar-refractivity contribution is 0.197. The van der Waals surface area contributed by atoms with E-state index < -0.39 is 0 Å². The average molecular weight is 427 g/mol. The molecule has 4 rings (SSSR count).